The quantitative estimate of drug-likeness (QED) is 0.769. The van der Waals surface area contributed by atoms with Crippen molar-refractivity contribution >= 4 is 23.2 Å². The fourth-order valence-corrected chi connectivity index (χ4v) is 3.21. The molecule has 1 atom stereocenters. The lowest BCUT2D eigenvalue weighted by Crippen LogP contribution is -2.39. The summed E-state index contributed by atoms with van der Waals surface area (Å²) in [5, 5.41) is 11.5. The third-order valence-electron chi connectivity index (χ3n) is 3.93. The van der Waals surface area contributed by atoms with Crippen LogP contribution < -0.4 is 0 Å². The summed E-state index contributed by atoms with van der Waals surface area (Å²) in [6.45, 7) is 3.68. The number of hydrogen-bond donors (Lipinski definition) is 1. The number of halogens is 2. The molecule has 1 aromatic carbocycles. The van der Waals surface area contributed by atoms with E-state index in [9.17, 15) is 5.11 Å². The molecule has 2 rings (SSSR count). The number of ether oxygens (including phenoxy) is 2. The van der Waals surface area contributed by atoms with Gasteiger partial charge in [-0.15, -0.1) is 0 Å². The number of aliphatic hydroxyl groups is 1. The Bertz CT molecular complexity index is 465. The molecular formula is C16H23Cl2NO3. The van der Waals surface area contributed by atoms with Gasteiger partial charge in [0.1, 0.15) is 0 Å². The molecule has 0 aliphatic carbocycles. The van der Waals surface area contributed by atoms with Crippen LogP contribution in [0, 0.1) is 0 Å². The molecule has 0 radical (unpaired) electrons. The van der Waals surface area contributed by atoms with Gasteiger partial charge in [0.25, 0.3) is 0 Å². The minimum atomic E-state index is -0.601. The summed E-state index contributed by atoms with van der Waals surface area (Å²) in [6, 6.07) is 5.20. The van der Waals surface area contributed by atoms with Gasteiger partial charge >= 0.3 is 0 Å². The summed E-state index contributed by atoms with van der Waals surface area (Å²) in [7, 11) is 1.68. The standard InChI is InChI=1S/C16H23Cl2NO3/c1-21-8-9-22-13-4-6-19(7-5-13)11-16(20)14-3-2-12(17)10-15(14)18/h2-3,10,13,16,20H,4-9,11H2,1H3. The number of nitrogens with zero attached hydrogens (tertiary/aromatic N) is 1. The molecule has 6 heteroatoms. The van der Waals surface area contributed by atoms with Crippen molar-refractivity contribution in [1.29, 1.82) is 0 Å². The van der Waals surface area contributed by atoms with Crippen LogP contribution in [0.25, 0.3) is 0 Å². The van der Waals surface area contributed by atoms with Crippen molar-refractivity contribution in [2.75, 3.05) is 40.0 Å². The summed E-state index contributed by atoms with van der Waals surface area (Å²) >= 11 is 12.0. The minimum Gasteiger partial charge on any atom is -0.387 e. The first-order chi connectivity index (χ1) is 10.6. The SMILES string of the molecule is COCCOC1CCN(CC(O)c2ccc(Cl)cc2Cl)CC1. The summed E-state index contributed by atoms with van der Waals surface area (Å²) in [6.07, 6.45) is 1.65. The molecule has 0 amide bonds. The number of hydrogen-bond acceptors (Lipinski definition) is 4. The van der Waals surface area contributed by atoms with Crippen molar-refractivity contribution in [3.63, 3.8) is 0 Å². The van der Waals surface area contributed by atoms with Gasteiger partial charge in [-0.1, -0.05) is 29.3 Å². The van der Waals surface area contributed by atoms with E-state index in [0.717, 1.165) is 31.5 Å². The Hall–Kier alpha value is -0.360. The van der Waals surface area contributed by atoms with Crippen molar-refractivity contribution in [3.8, 4) is 0 Å². The van der Waals surface area contributed by atoms with E-state index in [4.69, 9.17) is 32.7 Å². The molecular weight excluding hydrogens is 325 g/mol. The Morgan fingerprint density at radius 1 is 1.27 bits per heavy atom. The molecule has 1 N–H and O–H groups in total. The van der Waals surface area contributed by atoms with Gasteiger partial charge in [-0.3, -0.25) is 0 Å². The van der Waals surface area contributed by atoms with Crippen LogP contribution >= 0.6 is 23.2 Å². The number of β-amino-alcohol motifs (C(OH)–C–C–N with tert-alkyl or cyclic N) is 1. The van der Waals surface area contributed by atoms with E-state index in [2.05, 4.69) is 4.90 Å². The summed E-state index contributed by atoms with van der Waals surface area (Å²) in [5.41, 5.74) is 0.726. The zero-order valence-corrected chi connectivity index (χ0v) is 14.3. The maximum absolute atomic E-state index is 10.4. The zero-order chi connectivity index (χ0) is 15.9. The minimum absolute atomic E-state index is 0.294. The molecule has 1 fully saturated rings. The molecule has 124 valence electrons. The average Bonchev–Trinajstić information content (AvgIpc) is 2.49. The van der Waals surface area contributed by atoms with Gasteiger partial charge in [0.2, 0.25) is 0 Å². The van der Waals surface area contributed by atoms with E-state index in [1.807, 2.05) is 0 Å². The van der Waals surface area contributed by atoms with Crippen molar-refractivity contribution in [2.24, 2.45) is 0 Å². The molecule has 0 spiro atoms. The third kappa shape index (κ3) is 5.37. The molecule has 1 aromatic rings. The number of aliphatic hydroxyl groups excluding tert-OH is 1. The van der Waals surface area contributed by atoms with E-state index in [1.165, 1.54) is 0 Å². The molecule has 1 saturated heterocycles. The lowest BCUT2D eigenvalue weighted by molar-refractivity contribution is -0.0207. The van der Waals surface area contributed by atoms with Crippen molar-refractivity contribution < 1.29 is 14.6 Å². The first-order valence-corrected chi connectivity index (χ1v) is 8.31. The maximum atomic E-state index is 10.4. The van der Waals surface area contributed by atoms with Gasteiger partial charge < -0.3 is 19.5 Å². The first kappa shape index (κ1) is 18.0. The Morgan fingerprint density at radius 3 is 2.64 bits per heavy atom. The highest BCUT2D eigenvalue weighted by Crippen LogP contribution is 2.27. The molecule has 0 aromatic heterocycles. The van der Waals surface area contributed by atoms with Crippen LogP contribution in [0.2, 0.25) is 10.0 Å². The Labute approximate surface area is 141 Å². The lowest BCUT2D eigenvalue weighted by Gasteiger charge is -2.33. The van der Waals surface area contributed by atoms with Crippen molar-refractivity contribution in [2.45, 2.75) is 25.0 Å². The van der Waals surface area contributed by atoms with Gasteiger partial charge in [-0.2, -0.15) is 0 Å². The number of rotatable bonds is 7. The van der Waals surface area contributed by atoms with E-state index in [1.54, 1.807) is 25.3 Å². The predicted octanol–water partition coefficient (Wildman–Crippen LogP) is 3.15. The van der Waals surface area contributed by atoms with E-state index in [-0.39, 0.29) is 0 Å². The number of piperidine rings is 1. The number of benzene rings is 1. The Morgan fingerprint density at radius 2 is 2.00 bits per heavy atom. The van der Waals surface area contributed by atoms with Crippen LogP contribution in [-0.2, 0) is 9.47 Å². The molecule has 1 unspecified atom stereocenters. The second-order valence-electron chi connectivity index (χ2n) is 5.55. The van der Waals surface area contributed by atoms with Crippen LogP contribution in [0.5, 0.6) is 0 Å². The first-order valence-electron chi connectivity index (χ1n) is 7.56. The van der Waals surface area contributed by atoms with E-state index >= 15 is 0 Å². The second kappa shape index (κ2) is 9.06. The van der Waals surface area contributed by atoms with E-state index in [0.29, 0.717) is 35.9 Å². The van der Waals surface area contributed by atoms with Crippen LogP contribution in [0.4, 0.5) is 0 Å². The van der Waals surface area contributed by atoms with Crippen LogP contribution in [0.3, 0.4) is 0 Å². The fraction of sp³-hybridized carbons (Fsp3) is 0.625. The topological polar surface area (TPSA) is 41.9 Å². The molecule has 0 bridgehead atoms. The highest BCUT2D eigenvalue weighted by molar-refractivity contribution is 6.35. The van der Waals surface area contributed by atoms with Crippen LogP contribution in [0.1, 0.15) is 24.5 Å². The van der Waals surface area contributed by atoms with Crippen molar-refractivity contribution in [3.05, 3.63) is 33.8 Å². The summed E-state index contributed by atoms with van der Waals surface area (Å²) < 4.78 is 10.7. The van der Waals surface area contributed by atoms with Gasteiger partial charge in [-0.05, 0) is 25.0 Å². The highest BCUT2D eigenvalue weighted by atomic mass is 35.5. The van der Waals surface area contributed by atoms with Gasteiger partial charge in [0, 0.05) is 42.4 Å². The third-order valence-corrected chi connectivity index (χ3v) is 4.49. The molecule has 0 saturated carbocycles. The van der Waals surface area contributed by atoms with Gasteiger partial charge in [-0.25, -0.2) is 0 Å². The fourth-order valence-electron chi connectivity index (χ4n) is 2.67. The van der Waals surface area contributed by atoms with Gasteiger partial charge in [0.15, 0.2) is 0 Å². The van der Waals surface area contributed by atoms with Crippen LogP contribution in [-0.4, -0.2) is 56.1 Å². The Balaban J connectivity index is 1.78. The molecule has 1 aliphatic rings. The smallest absolute Gasteiger partial charge is 0.0931 e. The lowest BCUT2D eigenvalue weighted by atomic mass is 10.0. The molecule has 1 heterocycles. The molecule has 1 aliphatic heterocycles. The maximum Gasteiger partial charge on any atom is 0.0931 e. The average molecular weight is 348 g/mol. The largest absolute Gasteiger partial charge is 0.387 e. The van der Waals surface area contributed by atoms with Crippen LogP contribution in [0.15, 0.2) is 18.2 Å². The highest BCUT2D eigenvalue weighted by Gasteiger charge is 2.22. The second-order valence-corrected chi connectivity index (χ2v) is 6.39. The number of likely N-dealkylation sites (tertiary alicyclic amines) is 1. The Kier molecular flexibility index (Phi) is 7.41. The monoisotopic (exact) mass is 347 g/mol. The predicted molar refractivity (Wildman–Crippen MR) is 88.7 cm³/mol. The summed E-state index contributed by atoms with van der Waals surface area (Å²) in [4.78, 5) is 2.24. The zero-order valence-electron chi connectivity index (χ0n) is 12.8. The van der Waals surface area contributed by atoms with E-state index < -0.39 is 6.10 Å². The van der Waals surface area contributed by atoms with Crippen molar-refractivity contribution in [1.82, 2.24) is 4.90 Å². The molecule has 4 nitrogen and oxygen atoms in total. The van der Waals surface area contributed by atoms with Gasteiger partial charge in [0.05, 0.1) is 25.4 Å². The normalized spacial score (nSPS) is 18.5. The number of methoxy groups -OCH3 is 1. The summed E-state index contributed by atoms with van der Waals surface area (Å²) in [5.74, 6) is 0. The molecule has 22 heavy (non-hydrogen) atoms.